The van der Waals surface area contributed by atoms with Gasteiger partial charge in [-0.25, -0.2) is 0 Å². The van der Waals surface area contributed by atoms with Crippen molar-refractivity contribution >= 4 is 5.91 Å². The highest BCUT2D eigenvalue weighted by atomic mass is 16.1. The molecular formula is C4H8N2O. The van der Waals surface area contributed by atoms with E-state index >= 15 is 0 Å². The molecule has 1 aliphatic heterocycles. The molecule has 1 amide bonds. The average Bonchev–Trinajstić information content (AvgIpc) is 2.17. The van der Waals surface area contributed by atoms with Gasteiger partial charge in [0.05, 0.1) is 0 Å². The molecule has 2 atom stereocenters. The van der Waals surface area contributed by atoms with Gasteiger partial charge in [-0.05, 0) is 6.92 Å². The van der Waals surface area contributed by atoms with E-state index in [0.717, 1.165) is 0 Å². The fourth-order valence-corrected chi connectivity index (χ4v) is 0.556. The standard InChI is InChI=1S/C4H8N2O/c1-2-3(6-2)4(5)7/h2-3,6H,1H3,(H2,5,7). The monoisotopic (exact) mass is 100 g/mol. The predicted octanol–water partition coefficient (Wildman–Crippen LogP) is -1.17. The zero-order chi connectivity index (χ0) is 5.44. The second-order valence-electron chi connectivity index (χ2n) is 1.84. The zero-order valence-corrected chi connectivity index (χ0v) is 4.14. The van der Waals surface area contributed by atoms with Gasteiger partial charge in [0.25, 0.3) is 0 Å². The SMILES string of the molecule is CC1NC1C(N)=O. The fraction of sp³-hybridized carbons (Fsp3) is 0.750. The van der Waals surface area contributed by atoms with Gasteiger partial charge in [0.15, 0.2) is 0 Å². The van der Waals surface area contributed by atoms with E-state index in [2.05, 4.69) is 5.32 Å². The molecule has 1 saturated heterocycles. The van der Waals surface area contributed by atoms with Gasteiger partial charge in [-0.2, -0.15) is 0 Å². The van der Waals surface area contributed by atoms with Crippen LogP contribution >= 0.6 is 0 Å². The Balaban J connectivity index is 2.33. The molecule has 0 aromatic heterocycles. The van der Waals surface area contributed by atoms with Crippen LogP contribution in [-0.2, 0) is 4.79 Å². The topological polar surface area (TPSA) is 65.0 Å². The van der Waals surface area contributed by atoms with Gasteiger partial charge < -0.3 is 5.73 Å². The van der Waals surface area contributed by atoms with Gasteiger partial charge in [0.2, 0.25) is 5.91 Å². The quantitative estimate of drug-likeness (QED) is 0.408. The molecular weight excluding hydrogens is 92.1 g/mol. The third-order valence-corrected chi connectivity index (χ3v) is 1.14. The lowest BCUT2D eigenvalue weighted by Gasteiger charge is -1.78. The van der Waals surface area contributed by atoms with Crippen molar-refractivity contribution in [3.05, 3.63) is 0 Å². The number of primary amides is 1. The zero-order valence-electron chi connectivity index (χ0n) is 4.14. The summed E-state index contributed by atoms with van der Waals surface area (Å²) in [5.41, 5.74) is 4.89. The number of amides is 1. The minimum atomic E-state index is -0.243. The van der Waals surface area contributed by atoms with Crippen molar-refractivity contribution in [2.24, 2.45) is 5.73 Å². The van der Waals surface area contributed by atoms with Crippen molar-refractivity contribution in [2.45, 2.75) is 19.0 Å². The first kappa shape index (κ1) is 4.59. The lowest BCUT2D eigenvalue weighted by atomic mass is 10.3. The Morgan fingerprint density at radius 3 is 2.29 bits per heavy atom. The maximum Gasteiger partial charge on any atom is 0.236 e. The van der Waals surface area contributed by atoms with E-state index in [1.807, 2.05) is 6.92 Å². The number of carbonyl (C=O) groups is 1. The summed E-state index contributed by atoms with van der Waals surface area (Å²) in [4.78, 5) is 10.1. The van der Waals surface area contributed by atoms with Gasteiger partial charge in [-0.15, -0.1) is 0 Å². The lowest BCUT2D eigenvalue weighted by molar-refractivity contribution is -0.117. The molecule has 0 aromatic carbocycles. The number of carbonyl (C=O) groups excluding carboxylic acids is 1. The molecule has 3 nitrogen and oxygen atoms in total. The molecule has 1 fully saturated rings. The first-order chi connectivity index (χ1) is 3.22. The van der Waals surface area contributed by atoms with Crippen LogP contribution in [-0.4, -0.2) is 18.0 Å². The second kappa shape index (κ2) is 1.20. The minimum Gasteiger partial charge on any atom is -0.368 e. The van der Waals surface area contributed by atoms with Crippen LogP contribution in [0.4, 0.5) is 0 Å². The van der Waals surface area contributed by atoms with E-state index in [0.29, 0.717) is 6.04 Å². The van der Waals surface area contributed by atoms with Crippen LogP contribution in [0.2, 0.25) is 0 Å². The van der Waals surface area contributed by atoms with Gasteiger partial charge >= 0.3 is 0 Å². The maximum atomic E-state index is 10.1. The molecule has 40 valence electrons. The number of nitrogens with two attached hydrogens (primary N) is 1. The van der Waals surface area contributed by atoms with Crippen molar-refractivity contribution in [3.63, 3.8) is 0 Å². The van der Waals surface area contributed by atoms with Crippen molar-refractivity contribution in [1.82, 2.24) is 5.32 Å². The molecule has 0 spiro atoms. The van der Waals surface area contributed by atoms with Crippen LogP contribution < -0.4 is 11.1 Å². The molecule has 0 saturated carbocycles. The average molecular weight is 100 g/mol. The summed E-state index contributed by atoms with van der Waals surface area (Å²) in [7, 11) is 0. The normalized spacial score (nSPS) is 37.9. The molecule has 0 aromatic rings. The minimum absolute atomic E-state index is 0.0417. The van der Waals surface area contributed by atoms with Gasteiger partial charge in [-0.1, -0.05) is 0 Å². The molecule has 0 radical (unpaired) electrons. The van der Waals surface area contributed by atoms with E-state index in [1.54, 1.807) is 0 Å². The highest BCUT2D eigenvalue weighted by molar-refractivity contribution is 5.83. The lowest BCUT2D eigenvalue weighted by Crippen LogP contribution is -2.20. The fourth-order valence-electron chi connectivity index (χ4n) is 0.556. The first-order valence-corrected chi connectivity index (χ1v) is 2.27. The van der Waals surface area contributed by atoms with Crippen molar-refractivity contribution in [1.29, 1.82) is 0 Å². The Labute approximate surface area is 41.9 Å². The highest BCUT2D eigenvalue weighted by Crippen LogP contribution is 2.06. The Bertz CT molecular complexity index is 102. The van der Waals surface area contributed by atoms with Crippen LogP contribution in [0.15, 0.2) is 0 Å². The largest absolute Gasteiger partial charge is 0.368 e. The van der Waals surface area contributed by atoms with E-state index in [9.17, 15) is 4.79 Å². The molecule has 2 unspecified atom stereocenters. The van der Waals surface area contributed by atoms with Crippen molar-refractivity contribution in [2.75, 3.05) is 0 Å². The van der Waals surface area contributed by atoms with Crippen LogP contribution in [0.1, 0.15) is 6.92 Å². The third-order valence-electron chi connectivity index (χ3n) is 1.14. The Morgan fingerprint density at radius 2 is 2.29 bits per heavy atom. The molecule has 3 heteroatoms. The Morgan fingerprint density at radius 1 is 1.86 bits per heavy atom. The molecule has 1 heterocycles. The number of hydrogen-bond acceptors (Lipinski definition) is 2. The van der Waals surface area contributed by atoms with E-state index < -0.39 is 0 Å². The summed E-state index contributed by atoms with van der Waals surface area (Å²) >= 11 is 0. The number of hydrogen-bond donors (Lipinski definition) is 2. The van der Waals surface area contributed by atoms with Gasteiger partial charge in [-0.3, -0.25) is 10.1 Å². The first-order valence-electron chi connectivity index (χ1n) is 2.27. The summed E-state index contributed by atoms with van der Waals surface area (Å²) in [6.07, 6.45) is 0. The van der Waals surface area contributed by atoms with Crippen LogP contribution in [0.5, 0.6) is 0 Å². The van der Waals surface area contributed by atoms with Crippen molar-refractivity contribution < 1.29 is 4.79 Å². The van der Waals surface area contributed by atoms with E-state index in [4.69, 9.17) is 5.73 Å². The van der Waals surface area contributed by atoms with Gasteiger partial charge in [0.1, 0.15) is 6.04 Å². The van der Waals surface area contributed by atoms with E-state index in [1.165, 1.54) is 0 Å². The van der Waals surface area contributed by atoms with Crippen molar-refractivity contribution in [3.8, 4) is 0 Å². The third kappa shape index (κ3) is 0.718. The van der Waals surface area contributed by atoms with Crippen LogP contribution in [0.25, 0.3) is 0 Å². The van der Waals surface area contributed by atoms with Crippen LogP contribution in [0, 0.1) is 0 Å². The van der Waals surface area contributed by atoms with E-state index in [-0.39, 0.29) is 11.9 Å². The molecule has 1 rings (SSSR count). The predicted molar refractivity (Wildman–Crippen MR) is 25.6 cm³/mol. The molecule has 0 bridgehead atoms. The van der Waals surface area contributed by atoms with Gasteiger partial charge in [0, 0.05) is 6.04 Å². The smallest absolute Gasteiger partial charge is 0.236 e. The summed E-state index contributed by atoms with van der Waals surface area (Å²) < 4.78 is 0. The Kier molecular flexibility index (Phi) is 0.785. The Hall–Kier alpha value is -0.570. The highest BCUT2D eigenvalue weighted by Gasteiger charge is 2.36. The second-order valence-corrected chi connectivity index (χ2v) is 1.84. The molecule has 3 N–H and O–H groups in total. The molecule has 0 aliphatic carbocycles. The maximum absolute atomic E-state index is 10.1. The molecule has 7 heavy (non-hydrogen) atoms. The number of rotatable bonds is 1. The van der Waals surface area contributed by atoms with Crippen LogP contribution in [0.3, 0.4) is 0 Å². The summed E-state index contributed by atoms with van der Waals surface area (Å²) in [5.74, 6) is -0.243. The number of nitrogens with one attached hydrogen (secondary N) is 1. The summed E-state index contributed by atoms with van der Waals surface area (Å²) in [6, 6.07) is 0.275. The summed E-state index contributed by atoms with van der Waals surface area (Å²) in [5, 5.41) is 2.86. The molecule has 1 aliphatic rings. The summed E-state index contributed by atoms with van der Waals surface area (Å²) in [6.45, 7) is 1.93.